The van der Waals surface area contributed by atoms with E-state index in [9.17, 15) is 18.0 Å². The van der Waals surface area contributed by atoms with Gasteiger partial charge >= 0.3 is 0 Å². The molecule has 8 nitrogen and oxygen atoms in total. The highest BCUT2D eigenvalue weighted by molar-refractivity contribution is 9.10. The monoisotopic (exact) mass is 464 g/mol. The summed E-state index contributed by atoms with van der Waals surface area (Å²) in [5, 5.41) is 3.08. The van der Waals surface area contributed by atoms with Gasteiger partial charge in [-0.25, -0.2) is 13.4 Å². The van der Waals surface area contributed by atoms with Crippen LogP contribution in [-0.2, 0) is 21.4 Å². The largest absolute Gasteiger partial charge is 0.325 e. The first-order chi connectivity index (χ1) is 13.3. The van der Waals surface area contributed by atoms with Crippen LogP contribution in [-0.4, -0.2) is 29.6 Å². The van der Waals surface area contributed by atoms with Crippen LogP contribution in [0.1, 0.15) is 6.92 Å². The first-order valence-electron chi connectivity index (χ1n) is 8.32. The molecule has 3 rings (SSSR count). The number of anilines is 2. The van der Waals surface area contributed by atoms with Crippen molar-refractivity contribution in [2.24, 2.45) is 0 Å². The van der Waals surface area contributed by atoms with Crippen molar-refractivity contribution in [1.29, 1.82) is 0 Å². The van der Waals surface area contributed by atoms with Crippen molar-refractivity contribution >= 4 is 54.1 Å². The Balaban J connectivity index is 1.71. The molecule has 28 heavy (non-hydrogen) atoms. The second-order valence-electron chi connectivity index (χ2n) is 5.97. The maximum Gasteiger partial charge on any atom is 0.261 e. The van der Waals surface area contributed by atoms with Crippen molar-refractivity contribution in [3.8, 4) is 0 Å². The molecule has 2 N–H and O–H groups in total. The second-order valence-corrected chi connectivity index (χ2v) is 8.90. The summed E-state index contributed by atoms with van der Waals surface area (Å²) in [4.78, 5) is 29.0. The molecule has 1 heterocycles. The summed E-state index contributed by atoms with van der Waals surface area (Å²) < 4.78 is 27.5. The number of carbonyl (C=O) groups is 1. The van der Waals surface area contributed by atoms with E-state index in [2.05, 4.69) is 31.0 Å². The first kappa shape index (κ1) is 20.0. The molecule has 2 aromatic carbocycles. The zero-order valence-corrected chi connectivity index (χ0v) is 17.2. The number of hydrogen-bond acceptors (Lipinski definition) is 5. The third-order valence-electron chi connectivity index (χ3n) is 3.92. The van der Waals surface area contributed by atoms with Crippen LogP contribution < -0.4 is 15.6 Å². The lowest BCUT2D eigenvalue weighted by Gasteiger charge is -2.10. The van der Waals surface area contributed by atoms with Gasteiger partial charge in [0.25, 0.3) is 5.56 Å². The quantitative estimate of drug-likeness (QED) is 0.582. The lowest BCUT2D eigenvalue weighted by atomic mass is 10.2. The van der Waals surface area contributed by atoms with Gasteiger partial charge in [0.1, 0.15) is 6.54 Å². The molecular formula is C18H17BrN4O4S. The van der Waals surface area contributed by atoms with Gasteiger partial charge in [-0.2, -0.15) is 0 Å². The first-order valence-corrected chi connectivity index (χ1v) is 10.8. The van der Waals surface area contributed by atoms with Gasteiger partial charge in [0.05, 0.1) is 23.0 Å². The number of benzene rings is 2. The fourth-order valence-electron chi connectivity index (χ4n) is 2.47. The number of fused-ring (bicyclic) bond motifs is 1. The molecule has 0 aliphatic rings. The molecule has 0 saturated carbocycles. The van der Waals surface area contributed by atoms with Gasteiger partial charge < -0.3 is 5.32 Å². The summed E-state index contributed by atoms with van der Waals surface area (Å²) in [5.74, 6) is -0.434. The lowest BCUT2D eigenvalue weighted by molar-refractivity contribution is -0.116. The molecule has 0 spiro atoms. The predicted molar refractivity (Wildman–Crippen MR) is 112 cm³/mol. The zero-order valence-electron chi connectivity index (χ0n) is 14.8. The fourth-order valence-corrected chi connectivity index (χ4v) is 3.47. The highest BCUT2D eigenvalue weighted by Gasteiger charge is 2.10. The molecule has 1 amide bonds. The van der Waals surface area contributed by atoms with Gasteiger partial charge in [0.15, 0.2) is 0 Å². The highest BCUT2D eigenvalue weighted by atomic mass is 79.9. The van der Waals surface area contributed by atoms with Gasteiger partial charge in [-0.05, 0) is 49.4 Å². The van der Waals surface area contributed by atoms with Crippen molar-refractivity contribution in [3.63, 3.8) is 0 Å². The summed E-state index contributed by atoms with van der Waals surface area (Å²) in [5.41, 5.74) is 1.12. The van der Waals surface area contributed by atoms with Gasteiger partial charge in [0, 0.05) is 15.8 Å². The van der Waals surface area contributed by atoms with E-state index in [0.29, 0.717) is 22.3 Å². The predicted octanol–water partition coefficient (Wildman–Crippen LogP) is 2.56. The van der Waals surface area contributed by atoms with E-state index >= 15 is 0 Å². The van der Waals surface area contributed by atoms with Crippen LogP contribution in [0.2, 0.25) is 0 Å². The van der Waals surface area contributed by atoms with Crippen molar-refractivity contribution in [3.05, 3.63) is 63.6 Å². The van der Waals surface area contributed by atoms with E-state index in [1.165, 1.54) is 10.9 Å². The Bertz CT molecular complexity index is 1190. The van der Waals surface area contributed by atoms with Gasteiger partial charge in [-0.3, -0.25) is 18.9 Å². The summed E-state index contributed by atoms with van der Waals surface area (Å²) in [6.07, 6.45) is 1.33. The number of rotatable bonds is 6. The molecule has 0 atom stereocenters. The van der Waals surface area contributed by atoms with Crippen LogP contribution in [0.4, 0.5) is 11.4 Å². The van der Waals surface area contributed by atoms with E-state index in [4.69, 9.17) is 0 Å². The molecule has 146 valence electrons. The second kappa shape index (κ2) is 8.11. The van der Waals surface area contributed by atoms with Crippen molar-refractivity contribution < 1.29 is 13.2 Å². The van der Waals surface area contributed by atoms with Crippen LogP contribution in [0.15, 0.2) is 58.1 Å². The summed E-state index contributed by atoms with van der Waals surface area (Å²) in [6, 6.07) is 11.4. The Morgan fingerprint density at radius 3 is 2.50 bits per heavy atom. The number of carbonyl (C=O) groups excluding carboxylic acids is 1. The third-order valence-corrected chi connectivity index (χ3v) is 5.72. The minimum absolute atomic E-state index is 0.0311. The molecule has 0 aliphatic carbocycles. The fraction of sp³-hybridized carbons (Fsp3) is 0.167. The minimum Gasteiger partial charge on any atom is -0.325 e. The summed E-state index contributed by atoms with van der Waals surface area (Å²) >= 11 is 3.32. The third kappa shape index (κ3) is 4.76. The lowest BCUT2D eigenvalue weighted by Crippen LogP contribution is -2.27. The SMILES string of the molecule is CCS(=O)(=O)Nc1ccc(NC(=O)Cn2cnc3ccc(Br)cc3c2=O)cc1. The molecule has 10 heteroatoms. The minimum atomic E-state index is -3.36. The Hall–Kier alpha value is -2.72. The molecule has 0 bridgehead atoms. The number of aromatic nitrogens is 2. The van der Waals surface area contributed by atoms with Crippen LogP contribution in [0.3, 0.4) is 0 Å². The van der Waals surface area contributed by atoms with Gasteiger partial charge in [-0.15, -0.1) is 0 Å². The van der Waals surface area contributed by atoms with E-state index in [-0.39, 0.29) is 17.9 Å². The molecular weight excluding hydrogens is 448 g/mol. The number of amides is 1. The van der Waals surface area contributed by atoms with Gasteiger partial charge in [-0.1, -0.05) is 15.9 Å². The number of nitrogens with one attached hydrogen (secondary N) is 2. The van der Waals surface area contributed by atoms with Crippen LogP contribution in [0.25, 0.3) is 10.9 Å². The smallest absolute Gasteiger partial charge is 0.261 e. The number of hydrogen-bond donors (Lipinski definition) is 2. The Labute approximate surface area is 169 Å². The Morgan fingerprint density at radius 1 is 1.14 bits per heavy atom. The van der Waals surface area contributed by atoms with E-state index in [0.717, 1.165) is 4.47 Å². The Kier molecular flexibility index (Phi) is 5.80. The number of sulfonamides is 1. The van der Waals surface area contributed by atoms with Crippen LogP contribution in [0.5, 0.6) is 0 Å². The highest BCUT2D eigenvalue weighted by Crippen LogP contribution is 2.16. The van der Waals surface area contributed by atoms with Crippen LogP contribution >= 0.6 is 15.9 Å². The van der Waals surface area contributed by atoms with Crippen molar-refractivity contribution in [2.45, 2.75) is 13.5 Å². The molecule has 0 radical (unpaired) electrons. The van der Waals surface area contributed by atoms with Crippen molar-refractivity contribution in [1.82, 2.24) is 9.55 Å². The molecule has 3 aromatic rings. The maximum atomic E-state index is 12.5. The topological polar surface area (TPSA) is 110 Å². The average Bonchev–Trinajstić information content (AvgIpc) is 2.66. The summed E-state index contributed by atoms with van der Waals surface area (Å²) in [7, 11) is -3.36. The average molecular weight is 465 g/mol. The Morgan fingerprint density at radius 2 is 1.82 bits per heavy atom. The van der Waals surface area contributed by atoms with E-state index < -0.39 is 15.9 Å². The number of nitrogens with zero attached hydrogens (tertiary/aromatic N) is 2. The molecule has 0 unspecified atom stereocenters. The van der Waals surface area contributed by atoms with Gasteiger partial charge in [0.2, 0.25) is 15.9 Å². The normalized spacial score (nSPS) is 11.4. The summed E-state index contributed by atoms with van der Waals surface area (Å²) in [6.45, 7) is 1.34. The maximum absolute atomic E-state index is 12.5. The van der Waals surface area contributed by atoms with E-state index in [1.54, 1.807) is 49.4 Å². The van der Waals surface area contributed by atoms with E-state index in [1.807, 2.05) is 0 Å². The standard InChI is InChI=1S/C18H17BrN4O4S/c1-2-28(26,27)22-14-6-4-13(5-7-14)21-17(24)10-23-11-20-16-8-3-12(19)9-15(16)18(23)25/h3-9,11,22H,2,10H2,1H3,(H,21,24). The van der Waals surface area contributed by atoms with Crippen molar-refractivity contribution in [2.75, 3.05) is 15.8 Å². The number of halogens is 1. The molecule has 0 saturated heterocycles. The van der Waals surface area contributed by atoms with Crippen LogP contribution in [0, 0.1) is 0 Å². The molecule has 1 aromatic heterocycles. The molecule has 0 aliphatic heterocycles. The zero-order chi connectivity index (χ0) is 20.3. The molecule has 0 fully saturated rings.